The lowest BCUT2D eigenvalue weighted by Crippen LogP contribution is -2.64. The largest absolute Gasteiger partial charge is 0.511 e. The van der Waals surface area contributed by atoms with E-state index >= 15 is 0 Å². The van der Waals surface area contributed by atoms with E-state index in [1.165, 1.54) is 0 Å². The van der Waals surface area contributed by atoms with Gasteiger partial charge in [0.25, 0.3) is 0 Å². The van der Waals surface area contributed by atoms with E-state index in [-0.39, 0.29) is 10.7 Å². The van der Waals surface area contributed by atoms with Crippen molar-refractivity contribution in [2.45, 2.75) is 24.5 Å². The number of β-amino-alcohol motifs (C(OH)–C–C–N with tert-alkyl or cyclic N) is 1. The first-order valence-corrected chi connectivity index (χ1v) is 5.35. The van der Waals surface area contributed by atoms with Crippen molar-refractivity contribution in [1.82, 2.24) is 4.31 Å². The summed E-state index contributed by atoms with van der Waals surface area (Å²) in [6.45, 7) is 0.619. The molecule has 0 spiro atoms. The fraction of sp³-hybridized carbons (Fsp3) is 1.00. The van der Waals surface area contributed by atoms with Crippen LogP contribution in [0.1, 0.15) is 13.3 Å². The van der Waals surface area contributed by atoms with Crippen molar-refractivity contribution < 1.29 is 26.7 Å². The van der Waals surface area contributed by atoms with Crippen LogP contribution in [0.4, 0.5) is 13.2 Å². The normalized spacial score (nSPS) is 23.2. The van der Waals surface area contributed by atoms with E-state index in [1.807, 2.05) is 0 Å². The minimum Gasteiger partial charge on any atom is -0.387 e. The minimum atomic E-state index is -5.28. The minimum absolute atomic E-state index is 0.233. The highest BCUT2D eigenvalue weighted by Crippen LogP contribution is 2.34. The van der Waals surface area contributed by atoms with Crippen molar-refractivity contribution in [1.29, 1.82) is 0 Å². The topological polar surface area (TPSA) is 57.6 Å². The lowest BCUT2D eigenvalue weighted by atomic mass is 9.94. The van der Waals surface area contributed by atoms with Gasteiger partial charge in [0, 0.05) is 13.1 Å². The second kappa shape index (κ2) is 3.07. The zero-order chi connectivity index (χ0) is 11.2. The first kappa shape index (κ1) is 11.7. The van der Waals surface area contributed by atoms with Crippen LogP contribution >= 0.6 is 0 Å². The van der Waals surface area contributed by atoms with Gasteiger partial charge < -0.3 is 5.11 Å². The number of nitrogens with zero attached hydrogens (tertiary/aromatic N) is 1. The molecular weight excluding hydrogens is 223 g/mol. The van der Waals surface area contributed by atoms with Gasteiger partial charge in [-0.15, -0.1) is 0 Å². The monoisotopic (exact) mass is 233 g/mol. The van der Waals surface area contributed by atoms with Gasteiger partial charge in [-0.05, 0) is 6.42 Å². The van der Waals surface area contributed by atoms with Gasteiger partial charge in [-0.1, -0.05) is 6.92 Å². The summed E-state index contributed by atoms with van der Waals surface area (Å²) in [6, 6.07) is 0. The van der Waals surface area contributed by atoms with Gasteiger partial charge in [0.05, 0.1) is 5.60 Å². The number of sulfonamides is 1. The first-order chi connectivity index (χ1) is 6.12. The standard InChI is InChI=1S/C6H10F3NO3S/c1-2-5(11)3-10(4-5)14(12,13)6(7,8)9/h11H,2-4H2,1H3. The van der Waals surface area contributed by atoms with Gasteiger partial charge in [0.2, 0.25) is 0 Å². The molecule has 0 amide bonds. The quantitative estimate of drug-likeness (QED) is 0.746. The van der Waals surface area contributed by atoms with E-state index in [0.717, 1.165) is 0 Å². The zero-order valence-electron chi connectivity index (χ0n) is 7.37. The maximum atomic E-state index is 11.9. The highest BCUT2D eigenvalue weighted by atomic mass is 32.2. The number of aliphatic hydroxyl groups is 1. The Labute approximate surface area is 79.4 Å². The number of halogens is 3. The van der Waals surface area contributed by atoms with Crippen molar-refractivity contribution in [3.63, 3.8) is 0 Å². The van der Waals surface area contributed by atoms with Crippen LogP contribution < -0.4 is 0 Å². The fourth-order valence-corrected chi connectivity index (χ4v) is 2.26. The van der Waals surface area contributed by atoms with Crippen molar-refractivity contribution in [2.24, 2.45) is 0 Å². The van der Waals surface area contributed by atoms with Gasteiger partial charge in [0.1, 0.15) is 0 Å². The maximum absolute atomic E-state index is 11.9. The Kier molecular flexibility index (Phi) is 2.58. The predicted octanol–water partition coefficient (Wildman–Crippen LogP) is 0.293. The Morgan fingerprint density at radius 3 is 2.14 bits per heavy atom. The van der Waals surface area contributed by atoms with Crippen LogP contribution in [0.3, 0.4) is 0 Å². The summed E-state index contributed by atoms with van der Waals surface area (Å²) in [5.74, 6) is 0. The van der Waals surface area contributed by atoms with Gasteiger partial charge in [-0.3, -0.25) is 0 Å². The molecule has 0 bridgehead atoms. The second-order valence-electron chi connectivity index (χ2n) is 3.30. The summed E-state index contributed by atoms with van der Waals surface area (Å²) in [5, 5.41) is 9.34. The molecule has 84 valence electrons. The molecule has 4 nitrogen and oxygen atoms in total. The number of rotatable bonds is 2. The summed E-state index contributed by atoms with van der Waals surface area (Å²) in [7, 11) is -5.25. The molecule has 8 heteroatoms. The third kappa shape index (κ3) is 1.73. The Balaban J connectivity index is 2.74. The van der Waals surface area contributed by atoms with Crippen LogP contribution in [0.2, 0.25) is 0 Å². The maximum Gasteiger partial charge on any atom is 0.511 e. The summed E-state index contributed by atoms with van der Waals surface area (Å²) < 4.78 is 57.5. The fourth-order valence-electron chi connectivity index (χ4n) is 1.15. The van der Waals surface area contributed by atoms with E-state index in [0.29, 0.717) is 0 Å². The van der Waals surface area contributed by atoms with Crippen LogP contribution in [-0.4, -0.2) is 42.0 Å². The number of alkyl halides is 3. The summed E-state index contributed by atoms with van der Waals surface area (Å²) in [6.07, 6.45) is 0.233. The third-order valence-electron chi connectivity index (χ3n) is 2.23. The first-order valence-electron chi connectivity index (χ1n) is 3.91. The number of hydrogen-bond acceptors (Lipinski definition) is 3. The van der Waals surface area contributed by atoms with Gasteiger partial charge >= 0.3 is 15.5 Å². The Bertz CT molecular complexity index is 318. The lowest BCUT2D eigenvalue weighted by Gasteiger charge is -2.44. The van der Waals surface area contributed by atoms with E-state index in [9.17, 15) is 26.7 Å². The highest BCUT2D eigenvalue weighted by Gasteiger charge is 2.56. The zero-order valence-corrected chi connectivity index (χ0v) is 8.19. The molecule has 14 heavy (non-hydrogen) atoms. The summed E-state index contributed by atoms with van der Waals surface area (Å²) >= 11 is 0. The molecule has 1 fully saturated rings. The Morgan fingerprint density at radius 1 is 1.43 bits per heavy atom. The van der Waals surface area contributed by atoms with Crippen LogP contribution in [0.5, 0.6) is 0 Å². The van der Waals surface area contributed by atoms with Crippen LogP contribution in [0.25, 0.3) is 0 Å². The molecule has 0 aromatic carbocycles. The summed E-state index contributed by atoms with van der Waals surface area (Å²) in [4.78, 5) is 0. The Hall–Kier alpha value is -0.340. The SMILES string of the molecule is CCC1(O)CN(S(=O)(=O)C(F)(F)F)C1. The molecule has 0 radical (unpaired) electrons. The van der Waals surface area contributed by atoms with Crippen LogP contribution in [0, 0.1) is 0 Å². The predicted molar refractivity (Wildman–Crippen MR) is 41.8 cm³/mol. The van der Waals surface area contributed by atoms with Gasteiger partial charge in [0.15, 0.2) is 0 Å². The van der Waals surface area contributed by atoms with Crippen molar-refractivity contribution in [3.05, 3.63) is 0 Å². The van der Waals surface area contributed by atoms with E-state index < -0.39 is 34.2 Å². The molecule has 1 saturated heterocycles. The smallest absolute Gasteiger partial charge is 0.387 e. The average Bonchev–Trinajstić information content (AvgIpc) is 1.96. The lowest BCUT2D eigenvalue weighted by molar-refractivity contribution is -0.0843. The van der Waals surface area contributed by atoms with Gasteiger partial charge in [-0.2, -0.15) is 17.5 Å². The van der Waals surface area contributed by atoms with Crippen LogP contribution in [0.15, 0.2) is 0 Å². The molecule has 1 heterocycles. The highest BCUT2D eigenvalue weighted by molar-refractivity contribution is 7.90. The molecule has 1 rings (SSSR count). The van der Waals surface area contributed by atoms with Crippen molar-refractivity contribution in [3.8, 4) is 0 Å². The molecule has 0 aliphatic carbocycles. The van der Waals surface area contributed by atoms with Crippen molar-refractivity contribution in [2.75, 3.05) is 13.1 Å². The molecule has 1 N–H and O–H groups in total. The Morgan fingerprint density at radius 2 is 1.86 bits per heavy atom. The second-order valence-corrected chi connectivity index (χ2v) is 5.23. The summed E-state index contributed by atoms with van der Waals surface area (Å²) in [5.41, 5.74) is -6.57. The van der Waals surface area contributed by atoms with Crippen molar-refractivity contribution >= 4 is 10.0 Å². The van der Waals surface area contributed by atoms with E-state index in [4.69, 9.17) is 0 Å². The molecule has 0 aromatic rings. The molecular formula is C6H10F3NO3S. The molecule has 0 atom stereocenters. The molecule has 1 aliphatic rings. The average molecular weight is 233 g/mol. The third-order valence-corrected chi connectivity index (χ3v) is 3.75. The molecule has 0 aromatic heterocycles. The van der Waals surface area contributed by atoms with E-state index in [1.54, 1.807) is 6.92 Å². The molecule has 0 unspecified atom stereocenters. The number of hydrogen-bond donors (Lipinski definition) is 1. The van der Waals surface area contributed by atoms with E-state index in [2.05, 4.69) is 0 Å². The van der Waals surface area contributed by atoms with Crippen LogP contribution in [-0.2, 0) is 10.0 Å². The molecule has 0 saturated carbocycles. The molecule has 1 aliphatic heterocycles. The van der Waals surface area contributed by atoms with Gasteiger partial charge in [-0.25, -0.2) is 8.42 Å².